The van der Waals surface area contributed by atoms with Gasteiger partial charge in [-0.2, -0.15) is 5.26 Å². The van der Waals surface area contributed by atoms with E-state index < -0.39 is 6.09 Å². The van der Waals surface area contributed by atoms with Crippen molar-refractivity contribution in [2.24, 2.45) is 5.92 Å². The van der Waals surface area contributed by atoms with Crippen LogP contribution in [0.25, 0.3) is 6.08 Å². The van der Waals surface area contributed by atoms with Crippen molar-refractivity contribution < 1.29 is 19.4 Å². The summed E-state index contributed by atoms with van der Waals surface area (Å²) in [5.74, 6) is -0.128. The average molecular weight is 481 g/mol. The van der Waals surface area contributed by atoms with Gasteiger partial charge in [0.15, 0.2) is 0 Å². The number of hydrogen-bond acceptors (Lipinski definition) is 7. The Kier molecular flexibility index (Phi) is 7.93. The van der Waals surface area contributed by atoms with Crippen LogP contribution in [0.1, 0.15) is 53.7 Å². The van der Waals surface area contributed by atoms with Crippen LogP contribution < -0.4 is 10.6 Å². The molecule has 4 rings (SSSR count). The summed E-state index contributed by atoms with van der Waals surface area (Å²) in [4.78, 5) is 29.6. The van der Waals surface area contributed by atoms with E-state index >= 15 is 0 Å². The summed E-state index contributed by atoms with van der Waals surface area (Å²) in [7, 11) is 0. The molecule has 1 unspecified atom stereocenters. The van der Waals surface area contributed by atoms with Crippen LogP contribution in [0.4, 0.5) is 9.80 Å². The number of aliphatic hydroxyl groups excluding tert-OH is 1. The van der Waals surface area contributed by atoms with Crippen LogP contribution in [0, 0.1) is 17.2 Å². The molecule has 2 aromatic rings. The highest BCUT2D eigenvalue weighted by Crippen LogP contribution is 2.39. The summed E-state index contributed by atoms with van der Waals surface area (Å²) in [6.07, 6.45) is 10.9. The Morgan fingerprint density at radius 1 is 1.29 bits per heavy atom. The van der Waals surface area contributed by atoms with Crippen LogP contribution in [-0.4, -0.2) is 40.8 Å². The minimum absolute atomic E-state index is 0.0581. The van der Waals surface area contributed by atoms with E-state index in [1.165, 1.54) is 17.4 Å². The van der Waals surface area contributed by atoms with E-state index in [4.69, 9.17) is 4.74 Å². The van der Waals surface area contributed by atoms with Crippen LogP contribution in [0.3, 0.4) is 0 Å². The minimum Gasteiger partial charge on any atom is -0.449 e. The molecular formula is C25H28N4O4S. The molecule has 0 radical (unpaired) electrons. The first-order valence-corrected chi connectivity index (χ1v) is 12.4. The molecule has 0 saturated heterocycles. The van der Waals surface area contributed by atoms with E-state index in [1.54, 1.807) is 24.5 Å². The molecule has 0 spiro atoms. The van der Waals surface area contributed by atoms with Crippen LogP contribution in [0.5, 0.6) is 0 Å². The zero-order valence-electron chi connectivity index (χ0n) is 18.8. The van der Waals surface area contributed by atoms with E-state index in [1.807, 2.05) is 6.07 Å². The molecule has 34 heavy (non-hydrogen) atoms. The van der Waals surface area contributed by atoms with Crippen molar-refractivity contribution in [3.05, 3.63) is 52.2 Å². The third-order valence-electron chi connectivity index (χ3n) is 6.30. The lowest BCUT2D eigenvalue weighted by Crippen LogP contribution is -2.39. The number of carbonyl (C=O) groups excluding carboxylic acids is 2. The molecule has 178 valence electrons. The molecule has 1 fully saturated rings. The third-order valence-corrected chi connectivity index (χ3v) is 7.47. The Morgan fingerprint density at radius 2 is 2.12 bits per heavy atom. The highest BCUT2D eigenvalue weighted by atomic mass is 32.1. The fraction of sp³-hybridized carbons (Fsp3) is 0.440. The summed E-state index contributed by atoms with van der Waals surface area (Å²) in [6, 6.07) is 5.95. The molecule has 0 bridgehead atoms. The highest BCUT2D eigenvalue weighted by molar-refractivity contribution is 7.16. The van der Waals surface area contributed by atoms with Crippen LogP contribution >= 0.6 is 11.3 Å². The summed E-state index contributed by atoms with van der Waals surface area (Å²) >= 11 is 1.42. The number of pyridine rings is 1. The van der Waals surface area contributed by atoms with Gasteiger partial charge < -0.3 is 20.5 Å². The van der Waals surface area contributed by atoms with Crippen molar-refractivity contribution in [3.63, 3.8) is 0 Å². The van der Waals surface area contributed by atoms with Gasteiger partial charge in [-0.1, -0.05) is 6.07 Å². The molecule has 0 aromatic carbocycles. The molecule has 2 aliphatic carbocycles. The molecule has 1 atom stereocenters. The maximum absolute atomic E-state index is 12.4. The van der Waals surface area contributed by atoms with Gasteiger partial charge in [-0.25, -0.2) is 4.79 Å². The van der Waals surface area contributed by atoms with Crippen molar-refractivity contribution in [3.8, 4) is 6.07 Å². The summed E-state index contributed by atoms with van der Waals surface area (Å²) in [5.41, 5.74) is 2.33. The number of thiophene rings is 1. The number of nitriles is 1. The van der Waals surface area contributed by atoms with E-state index in [2.05, 4.69) is 21.7 Å². The van der Waals surface area contributed by atoms with Gasteiger partial charge in [0.2, 0.25) is 5.91 Å². The Hall–Kier alpha value is -3.22. The highest BCUT2D eigenvalue weighted by Gasteiger charge is 2.28. The van der Waals surface area contributed by atoms with Crippen molar-refractivity contribution in [2.75, 3.05) is 11.9 Å². The van der Waals surface area contributed by atoms with Crippen LogP contribution in [-0.2, 0) is 22.4 Å². The SMILES string of the molecule is N#Cc1c(NC(=O)/C=C/c2cccnc2)sc2c1CCC(COC(=O)N[C@H]1CC[C@H](O)CC1)C2. The lowest BCUT2D eigenvalue weighted by atomic mass is 9.88. The van der Waals surface area contributed by atoms with Crippen molar-refractivity contribution in [2.45, 2.75) is 57.1 Å². The molecule has 8 nitrogen and oxygen atoms in total. The number of nitrogens with one attached hydrogen (secondary N) is 2. The number of aromatic nitrogens is 1. The second-order valence-electron chi connectivity index (χ2n) is 8.79. The fourth-order valence-corrected chi connectivity index (χ4v) is 5.74. The maximum Gasteiger partial charge on any atom is 0.407 e. The first-order valence-electron chi connectivity index (χ1n) is 11.6. The smallest absolute Gasteiger partial charge is 0.407 e. The predicted octanol–water partition coefficient (Wildman–Crippen LogP) is 3.80. The van der Waals surface area contributed by atoms with E-state index in [0.29, 0.717) is 42.9 Å². The lowest BCUT2D eigenvalue weighted by molar-refractivity contribution is -0.111. The molecule has 2 heterocycles. The van der Waals surface area contributed by atoms with Gasteiger partial charge >= 0.3 is 6.09 Å². The largest absolute Gasteiger partial charge is 0.449 e. The number of anilines is 1. The van der Waals surface area contributed by atoms with Gasteiger partial charge in [-0.05, 0) is 74.1 Å². The molecule has 9 heteroatoms. The number of rotatable bonds is 6. The lowest BCUT2D eigenvalue weighted by Gasteiger charge is -2.26. The standard InChI is InChI=1S/C25H28N4O4S/c26-13-21-20-9-3-17(15-33-25(32)28-18-5-7-19(30)8-6-18)12-22(20)34-24(21)29-23(31)10-4-16-2-1-11-27-14-16/h1-2,4,10-11,14,17-19,30H,3,5-9,12,15H2,(H,28,32)(H,29,31)/b10-4+/t17?,18-,19-. The number of alkyl carbamates (subject to hydrolysis) is 1. The second-order valence-corrected chi connectivity index (χ2v) is 9.89. The molecular weight excluding hydrogens is 452 g/mol. The summed E-state index contributed by atoms with van der Waals surface area (Å²) < 4.78 is 5.47. The minimum atomic E-state index is -0.413. The summed E-state index contributed by atoms with van der Waals surface area (Å²) in [6.45, 7) is 0.315. The van der Waals surface area contributed by atoms with Crippen LogP contribution in [0.2, 0.25) is 0 Å². The first kappa shape index (κ1) is 23.9. The number of amides is 2. The van der Waals surface area contributed by atoms with Gasteiger partial charge in [-0.3, -0.25) is 9.78 Å². The zero-order valence-corrected chi connectivity index (χ0v) is 19.6. The van der Waals surface area contributed by atoms with Crippen molar-refractivity contribution >= 4 is 34.4 Å². The topological polar surface area (TPSA) is 124 Å². The second kappa shape index (κ2) is 11.3. The number of aliphatic hydroxyl groups is 1. The fourth-order valence-electron chi connectivity index (χ4n) is 4.42. The molecule has 2 aromatic heterocycles. The number of carbonyl (C=O) groups is 2. The Morgan fingerprint density at radius 3 is 2.85 bits per heavy atom. The van der Waals surface area contributed by atoms with E-state index in [0.717, 1.165) is 35.3 Å². The number of ether oxygens (including phenoxy) is 1. The Bertz CT molecular complexity index is 1080. The third kappa shape index (κ3) is 6.22. The Balaban J connectivity index is 1.30. The number of nitrogens with zero attached hydrogens (tertiary/aromatic N) is 2. The monoisotopic (exact) mass is 480 g/mol. The van der Waals surface area contributed by atoms with Crippen LogP contribution in [0.15, 0.2) is 30.6 Å². The quantitative estimate of drug-likeness (QED) is 0.540. The number of hydrogen-bond donors (Lipinski definition) is 3. The predicted molar refractivity (Wildman–Crippen MR) is 129 cm³/mol. The van der Waals surface area contributed by atoms with Gasteiger partial charge in [0.1, 0.15) is 11.1 Å². The average Bonchev–Trinajstić information content (AvgIpc) is 3.19. The van der Waals surface area contributed by atoms with E-state index in [-0.39, 0.29) is 24.0 Å². The van der Waals surface area contributed by atoms with Crippen molar-refractivity contribution in [1.82, 2.24) is 10.3 Å². The molecule has 2 amide bonds. The zero-order chi connectivity index (χ0) is 23.9. The van der Waals surface area contributed by atoms with Gasteiger partial charge in [0, 0.05) is 29.4 Å². The van der Waals surface area contributed by atoms with Gasteiger partial charge in [-0.15, -0.1) is 11.3 Å². The first-order chi connectivity index (χ1) is 16.5. The van der Waals surface area contributed by atoms with E-state index in [9.17, 15) is 20.0 Å². The van der Waals surface area contributed by atoms with Crippen molar-refractivity contribution in [1.29, 1.82) is 5.26 Å². The molecule has 3 N–H and O–H groups in total. The number of fused-ring (bicyclic) bond motifs is 1. The Labute approximate surface area is 202 Å². The van der Waals surface area contributed by atoms with Gasteiger partial charge in [0.05, 0.1) is 18.3 Å². The molecule has 1 saturated carbocycles. The normalized spacial score (nSPS) is 21.9. The molecule has 2 aliphatic rings. The summed E-state index contributed by atoms with van der Waals surface area (Å²) in [5, 5.41) is 25.6. The maximum atomic E-state index is 12.4. The molecule has 0 aliphatic heterocycles. The van der Waals surface area contributed by atoms with Gasteiger partial charge in [0.25, 0.3) is 0 Å².